The van der Waals surface area contributed by atoms with E-state index in [2.05, 4.69) is 46.6 Å². The topological polar surface area (TPSA) is 50.6 Å². The molecule has 0 radical (unpaired) electrons. The summed E-state index contributed by atoms with van der Waals surface area (Å²) in [6, 6.07) is 6.20. The number of aryl methyl sites for hydroxylation is 2. The number of hydrogen-bond donors (Lipinski definition) is 0. The third-order valence-electron chi connectivity index (χ3n) is 4.12. The summed E-state index contributed by atoms with van der Waals surface area (Å²) in [5, 5.41) is 0. The molecule has 1 aromatic heterocycles. The van der Waals surface area contributed by atoms with Gasteiger partial charge in [-0.15, -0.1) is 0 Å². The van der Waals surface area contributed by atoms with Crippen LogP contribution in [0.1, 0.15) is 25.1 Å². The summed E-state index contributed by atoms with van der Waals surface area (Å²) in [7, 11) is 0. The molecule has 0 spiro atoms. The Bertz CT molecular complexity index is 826. The fourth-order valence-corrected chi connectivity index (χ4v) is 2.59. The Hall–Kier alpha value is -2.69. The van der Waals surface area contributed by atoms with Gasteiger partial charge in [-0.05, 0) is 51.0 Å². The van der Waals surface area contributed by atoms with Crippen LogP contribution in [0, 0.1) is 13.8 Å². The van der Waals surface area contributed by atoms with Crippen molar-refractivity contribution in [1.29, 1.82) is 0 Å². The molecule has 0 bridgehead atoms. The standard InChI is InChI=1S/C19H22N4O/c1-12(2)14(4)22-18-15(5)20-11-21-19(18)23-8-9-24-17-10-13(3)6-7-16(17)23/h6-7,10-11H,1,8-9H2,2-5H3. The maximum absolute atomic E-state index is 5.81. The van der Waals surface area contributed by atoms with Gasteiger partial charge in [0.2, 0.25) is 0 Å². The number of rotatable bonds is 3. The first-order valence-corrected chi connectivity index (χ1v) is 8.01. The van der Waals surface area contributed by atoms with E-state index in [1.165, 1.54) is 5.56 Å². The van der Waals surface area contributed by atoms with Crippen LogP contribution in [-0.4, -0.2) is 28.8 Å². The largest absolute Gasteiger partial charge is 0.490 e. The van der Waals surface area contributed by atoms with E-state index in [9.17, 15) is 0 Å². The van der Waals surface area contributed by atoms with Gasteiger partial charge in [0.25, 0.3) is 0 Å². The molecule has 2 heterocycles. The van der Waals surface area contributed by atoms with E-state index < -0.39 is 0 Å². The zero-order valence-corrected chi connectivity index (χ0v) is 14.6. The SMILES string of the molecule is C=C(C)C(C)=Nc1c(C)ncnc1N1CCOc2cc(C)ccc21. The molecule has 0 aliphatic carbocycles. The van der Waals surface area contributed by atoms with E-state index >= 15 is 0 Å². The number of fused-ring (bicyclic) bond motifs is 1. The van der Waals surface area contributed by atoms with Crippen molar-refractivity contribution in [3.63, 3.8) is 0 Å². The lowest BCUT2D eigenvalue weighted by Crippen LogP contribution is -2.29. The minimum absolute atomic E-state index is 0.613. The smallest absolute Gasteiger partial charge is 0.162 e. The average Bonchev–Trinajstić information content (AvgIpc) is 2.55. The summed E-state index contributed by atoms with van der Waals surface area (Å²) in [6.07, 6.45) is 1.59. The van der Waals surface area contributed by atoms with Crippen LogP contribution in [0.15, 0.2) is 41.7 Å². The highest BCUT2D eigenvalue weighted by molar-refractivity contribution is 5.99. The van der Waals surface area contributed by atoms with Gasteiger partial charge >= 0.3 is 0 Å². The van der Waals surface area contributed by atoms with Crippen LogP contribution < -0.4 is 9.64 Å². The number of allylic oxidation sites excluding steroid dienone is 1. The third kappa shape index (κ3) is 3.02. The maximum Gasteiger partial charge on any atom is 0.162 e. The number of nitrogens with zero attached hydrogens (tertiary/aromatic N) is 4. The van der Waals surface area contributed by atoms with Crippen LogP contribution >= 0.6 is 0 Å². The van der Waals surface area contributed by atoms with E-state index in [0.717, 1.165) is 46.5 Å². The fraction of sp³-hybridized carbons (Fsp3) is 0.316. The molecule has 24 heavy (non-hydrogen) atoms. The van der Waals surface area contributed by atoms with Gasteiger partial charge < -0.3 is 9.64 Å². The van der Waals surface area contributed by atoms with Crippen LogP contribution in [0.25, 0.3) is 0 Å². The first kappa shape index (κ1) is 16.2. The normalized spacial score (nSPS) is 14.2. The van der Waals surface area contributed by atoms with Crippen molar-refractivity contribution in [3.05, 3.63) is 47.9 Å². The first-order valence-electron chi connectivity index (χ1n) is 8.01. The van der Waals surface area contributed by atoms with Gasteiger partial charge in [-0.1, -0.05) is 12.6 Å². The lowest BCUT2D eigenvalue weighted by molar-refractivity contribution is 0.313. The minimum Gasteiger partial charge on any atom is -0.490 e. The van der Waals surface area contributed by atoms with Crippen molar-refractivity contribution in [3.8, 4) is 5.75 Å². The molecule has 3 rings (SSSR count). The molecule has 2 aromatic rings. The van der Waals surface area contributed by atoms with Gasteiger partial charge in [0.05, 0.1) is 17.9 Å². The number of benzene rings is 1. The van der Waals surface area contributed by atoms with Gasteiger partial charge in [0, 0.05) is 5.71 Å². The summed E-state index contributed by atoms with van der Waals surface area (Å²) in [6.45, 7) is 13.2. The molecule has 0 saturated carbocycles. The molecule has 0 saturated heterocycles. The second-order valence-corrected chi connectivity index (χ2v) is 6.08. The lowest BCUT2D eigenvalue weighted by Gasteiger charge is -2.31. The molecule has 0 unspecified atom stereocenters. The Morgan fingerprint density at radius 3 is 2.79 bits per heavy atom. The molecule has 0 amide bonds. The summed E-state index contributed by atoms with van der Waals surface area (Å²) >= 11 is 0. The van der Waals surface area contributed by atoms with E-state index in [4.69, 9.17) is 9.73 Å². The second kappa shape index (κ2) is 6.43. The molecule has 5 heteroatoms. The number of hydrogen-bond acceptors (Lipinski definition) is 5. The highest BCUT2D eigenvalue weighted by atomic mass is 16.5. The Balaban J connectivity index is 2.14. The van der Waals surface area contributed by atoms with Crippen LogP contribution in [0.3, 0.4) is 0 Å². The molecular formula is C19H22N4O. The Morgan fingerprint density at radius 2 is 2.04 bits per heavy atom. The molecule has 0 fully saturated rings. The molecule has 5 nitrogen and oxygen atoms in total. The fourth-order valence-electron chi connectivity index (χ4n) is 2.59. The number of ether oxygens (including phenoxy) is 1. The molecule has 0 atom stereocenters. The van der Waals surface area contributed by atoms with E-state index in [0.29, 0.717) is 6.61 Å². The second-order valence-electron chi connectivity index (χ2n) is 6.08. The quantitative estimate of drug-likeness (QED) is 0.791. The highest BCUT2D eigenvalue weighted by Gasteiger charge is 2.24. The predicted octanol–water partition coefficient (Wildman–Crippen LogP) is 4.29. The van der Waals surface area contributed by atoms with Crippen LogP contribution in [0.5, 0.6) is 5.75 Å². The highest BCUT2D eigenvalue weighted by Crippen LogP contribution is 2.40. The first-order chi connectivity index (χ1) is 11.5. The van der Waals surface area contributed by atoms with E-state index in [-0.39, 0.29) is 0 Å². The molecule has 1 aromatic carbocycles. The molecule has 1 aliphatic heterocycles. The van der Waals surface area contributed by atoms with Crippen molar-refractivity contribution >= 4 is 22.9 Å². The van der Waals surface area contributed by atoms with Crippen molar-refractivity contribution < 1.29 is 4.74 Å². The monoisotopic (exact) mass is 322 g/mol. The number of aromatic nitrogens is 2. The van der Waals surface area contributed by atoms with Crippen molar-refractivity contribution in [2.24, 2.45) is 4.99 Å². The van der Waals surface area contributed by atoms with Gasteiger partial charge in [-0.2, -0.15) is 0 Å². The third-order valence-corrected chi connectivity index (χ3v) is 4.12. The van der Waals surface area contributed by atoms with Gasteiger partial charge in [-0.25, -0.2) is 15.0 Å². The number of aliphatic imine (C=N–C) groups is 1. The van der Waals surface area contributed by atoms with Gasteiger partial charge in [0.15, 0.2) is 5.82 Å². The maximum atomic E-state index is 5.81. The summed E-state index contributed by atoms with van der Waals surface area (Å²) in [4.78, 5) is 15.7. The molecular weight excluding hydrogens is 300 g/mol. The van der Waals surface area contributed by atoms with Gasteiger partial charge in [-0.3, -0.25) is 0 Å². The van der Waals surface area contributed by atoms with Crippen molar-refractivity contribution in [2.75, 3.05) is 18.1 Å². The molecule has 124 valence electrons. The van der Waals surface area contributed by atoms with Gasteiger partial charge in [0.1, 0.15) is 24.4 Å². The molecule has 1 aliphatic rings. The minimum atomic E-state index is 0.613. The lowest BCUT2D eigenvalue weighted by atomic mass is 10.1. The average molecular weight is 322 g/mol. The zero-order valence-electron chi connectivity index (χ0n) is 14.6. The Kier molecular flexibility index (Phi) is 4.34. The summed E-state index contributed by atoms with van der Waals surface area (Å²) in [5.74, 6) is 1.68. The zero-order chi connectivity index (χ0) is 17.3. The Morgan fingerprint density at radius 1 is 1.25 bits per heavy atom. The predicted molar refractivity (Wildman–Crippen MR) is 98.0 cm³/mol. The van der Waals surface area contributed by atoms with Crippen LogP contribution in [-0.2, 0) is 0 Å². The Labute approximate surface area is 142 Å². The summed E-state index contributed by atoms with van der Waals surface area (Å²) in [5.41, 5.74) is 5.63. The van der Waals surface area contributed by atoms with Crippen molar-refractivity contribution in [1.82, 2.24) is 9.97 Å². The van der Waals surface area contributed by atoms with Crippen LogP contribution in [0.4, 0.5) is 17.2 Å². The van der Waals surface area contributed by atoms with E-state index in [1.807, 2.05) is 20.8 Å². The van der Waals surface area contributed by atoms with E-state index in [1.54, 1.807) is 6.33 Å². The van der Waals surface area contributed by atoms with Crippen LogP contribution in [0.2, 0.25) is 0 Å². The molecule has 0 N–H and O–H groups in total. The van der Waals surface area contributed by atoms with Crippen molar-refractivity contribution in [2.45, 2.75) is 27.7 Å². The number of anilines is 2. The summed E-state index contributed by atoms with van der Waals surface area (Å²) < 4.78 is 5.81.